The molecule has 0 radical (unpaired) electrons. The van der Waals surface area contributed by atoms with Crippen molar-refractivity contribution in [2.24, 2.45) is 0 Å². The van der Waals surface area contributed by atoms with Crippen LogP contribution in [-0.2, 0) is 11.4 Å². The van der Waals surface area contributed by atoms with Crippen LogP contribution >= 0.6 is 11.6 Å². The zero-order valence-electron chi connectivity index (χ0n) is 9.63. The molecular formula is C12H13ClO5. The Kier molecular flexibility index (Phi) is 4.84. The van der Waals surface area contributed by atoms with Crippen LogP contribution in [0.1, 0.15) is 34.5 Å². The van der Waals surface area contributed by atoms with E-state index in [0.29, 0.717) is 0 Å². The van der Waals surface area contributed by atoms with Gasteiger partial charge in [-0.15, -0.1) is 11.6 Å². The number of hydrogen-bond acceptors (Lipinski definition) is 4. The lowest BCUT2D eigenvalue weighted by Crippen LogP contribution is -2.20. The zero-order valence-corrected chi connectivity index (χ0v) is 10.4. The van der Waals surface area contributed by atoms with Crippen molar-refractivity contribution in [3.8, 4) is 0 Å². The number of benzene rings is 1. The van der Waals surface area contributed by atoms with Gasteiger partial charge in [0.1, 0.15) is 0 Å². The van der Waals surface area contributed by atoms with Crippen molar-refractivity contribution in [1.82, 2.24) is 0 Å². The first-order valence-electron chi connectivity index (χ1n) is 5.22. The minimum atomic E-state index is -1.87. The van der Waals surface area contributed by atoms with Crippen LogP contribution in [0.4, 0.5) is 0 Å². The van der Waals surface area contributed by atoms with Gasteiger partial charge >= 0.3 is 5.97 Å². The first kappa shape index (κ1) is 14.6. The summed E-state index contributed by atoms with van der Waals surface area (Å²) in [5, 5.41) is 26.7. The van der Waals surface area contributed by atoms with E-state index in [4.69, 9.17) is 21.8 Å². The molecular weight excluding hydrogens is 260 g/mol. The molecule has 1 aromatic rings. The highest BCUT2D eigenvalue weighted by Crippen LogP contribution is 2.25. The third-order valence-corrected chi connectivity index (χ3v) is 2.70. The van der Waals surface area contributed by atoms with Crippen LogP contribution in [0.5, 0.6) is 0 Å². The van der Waals surface area contributed by atoms with Crippen LogP contribution in [0.15, 0.2) is 18.2 Å². The molecule has 0 spiro atoms. The van der Waals surface area contributed by atoms with E-state index in [1.165, 1.54) is 25.1 Å². The van der Waals surface area contributed by atoms with E-state index < -0.39 is 29.8 Å². The molecule has 0 aliphatic heterocycles. The van der Waals surface area contributed by atoms with Crippen molar-refractivity contribution in [2.75, 3.05) is 0 Å². The number of ketones is 1. The van der Waals surface area contributed by atoms with E-state index in [1.807, 2.05) is 0 Å². The summed E-state index contributed by atoms with van der Waals surface area (Å²) in [6.07, 6.45) is -1.87. The second kappa shape index (κ2) is 5.95. The molecule has 2 unspecified atom stereocenters. The smallest absolute Gasteiger partial charge is 0.337 e. The lowest BCUT2D eigenvalue weighted by atomic mass is 9.93. The lowest BCUT2D eigenvalue weighted by Gasteiger charge is -2.16. The Morgan fingerprint density at radius 2 is 2.00 bits per heavy atom. The summed E-state index contributed by atoms with van der Waals surface area (Å²) >= 11 is 5.67. The second-order valence-electron chi connectivity index (χ2n) is 3.76. The molecule has 0 fully saturated rings. The molecule has 1 rings (SSSR count). The van der Waals surface area contributed by atoms with Gasteiger partial charge in [-0.3, -0.25) is 4.79 Å². The Morgan fingerprint density at radius 1 is 1.39 bits per heavy atom. The fraction of sp³-hybridized carbons (Fsp3) is 0.333. The maximum Gasteiger partial charge on any atom is 0.337 e. The predicted molar refractivity (Wildman–Crippen MR) is 64.6 cm³/mol. The Bertz CT molecular complexity index is 470. The van der Waals surface area contributed by atoms with Crippen LogP contribution in [0.3, 0.4) is 0 Å². The van der Waals surface area contributed by atoms with Crippen molar-refractivity contribution in [2.45, 2.75) is 25.0 Å². The molecule has 5 nitrogen and oxygen atoms in total. The molecule has 0 aliphatic carbocycles. The molecule has 98 valence electrons. The number of aliphatic hydroxyl groups excluding tert-OH is 2. The van der Waals surface area contributed by atoms with Crippen LogP contribution in [0.25, 0.3) is 0 Å². The molecule has 0 saturated heterocycles. The maximum absolute atomic E-state index is 11.8. The number of carboxylic acids is 1. The molecule has 0 saturated carbocycles. The zero-order chi connectivity index (χ0) is 13.9. The molecule has 18 heavy (non-hydrogen) atoms. The highest BCUT2D eigenvalue weighted by Gasteiger charge is 2.26. The van der Waals surface area contributed by atoms with Gasteiger partial charge in [-0.1, -0.05) is 18.2 Å². The summed E-state index contributed by atoms with van der Waals surface area (Å²) in [5.74, 6) is -1.99. The maximum atomic E-state index is 11.8. The molecule has 0 amide bonds. The normalized spacial score (nSPS) is 14.0. The van der Waals surface area contributed by atoms with Gasteiger partial charge in [0.2, 0.25) is 0 Å². The Morgan fingerprint density at radius 3 is 2.44 bits per heavy atom. The van der Waals surface area contributed by atoms with Crippen molar-refractivity contribution in [3.63, 3.8) is 0 Å². The number of rotatable bonds is 5. The Labute approximate surface area is 109 Å². The number of halogens is 1. The Balaban J connectivity index is 3.42. The van der Waals surface area contributed by atoms with Gasteiger partial charge in [0.15, 0.2) is 11.9 Å². The number of carbonyl (C=O) groups is 2. The summed E-state index contributed by atoms with van der Waals surface area (Å²) in [7, 11) is 0. The second-order valence-corrected chi connectivity index (χ2v) is 4.41. The predicted octanol–water partition coefficient (Wildman–Crippen LogP) is 1.11. The van der Waals surface area contributed by atoms with E-state index in [0.717, 1.165) is 0 Å². The third-order valence-electron chi connectivity index (χ3n) is 2.50. The van der Waals surface area contributed by atoms with E-state index in [1.54, 1.807) is 0 Å². The van der Waals surface area contributed by atoms with E-state index >= 15 is 0 Å². The number of aliphatic hydroxyl groups is 2. The van der Waals surface area contributed by atoms with Crippen LogP contribution in [0, 0.1) is 0 Å². The van der Waals surface area contributed by atoms with Crippen molar-refractivity contribution in [3.05, 3.63) is 34.9 Å². The minimum Gasteiger partial charge on any atom is -0.479 e. The number of Topliss-reactive ketones (excluding diaryl/α,β-unsaturated/α-hetero) is 1. The summed E-state index contributed by atoms with van der Waals surface area (Å²) in [6.45, 7) is 0.976. The van der Waals surface area contributed by atoms with Gasteiger partial charge in [0.25, 0.3) is 0 Å². The monoisotopic (exact) mass is 272 g/mol. The molecule has 0 aliphatic rings. The third kappa shape index (κ3) is 2.87. The largest absolute Gasteiger partial charge is 0.479 e. The highest BCUT2D eigenvalue weighted by atomic mass is 35.5. The molecule has 6 heteroatoms. The topological polar surface area (TPSA) is 94.8 Å². The number of carboxylic acid groups (broad SMARTS) is 1. The number of carbonyl (C=O) groups excluding carboxylic acids is 1. The quantitative estimate of drug-likeness (QED) is 0.551. The fourth-order valence-corrected chi connectivity index (χ4v) is 1.74. The van der Waals surface area contributed by atoms with Crippen molar-refractivity contribution in [1.29, 1.82) is 0 Å². The SMILES string of the molecule is CC(Cl)C(=O)c1cccc(CO)c1C(O)C(=O)O. The van der Waals surface area contributed by atoms with Crippen LogP contribution in [-0.4, -0.2) is 32.4 Å². The van der Waals surface area contributed by atoms with E-state index in [9.17, 15) is 14.7 Å². The van der Waals surface area contributed by atoms with Crippen molar-refractivity contribution >= 4 is 23.4 Å². The van der Waals surface area contributed by atoms with Gasteiger partial charge in [-0.2, -0.15) is 0 Å². The van der Waals surface area contributed by atoms with E-state index in [-0.39, 0.29) is 16.7 Å². The standard InChI is InChI=1S/C12H13ClO5/c1-6(13)10(15)8-4-2-3-7(5-14)9(8)11(16)12(17)18/h2-4,6,11,14,16H,5H2,1H3,(H,17,18). The lowest BCUT2D eigenvalue weighted by molar-refractivity contribution is -0.147. The summed E-state index contributed by atoms with van der Waals surface area (Å²) in [5.41, 5.74) is 0.0945. The number of hydrogen-bond donors (Lipinski definition) is 3. The number of alkyl halides is 1. The van der Waals surface area contributed by atoms with E-state index in [2.05, 4.69) is 0 Å². The molecule has 1 aromatic carbocycles. The highest BCUT2D eigenvalue weighted by molar-refractivity contribution is 6.33. The molecule has 3 N–H and O–H groups in total. The van der Waals surface area contributed by atoms with Crippen molar-refractivity contribution < 1.29 is 24.9 Å². The number of aliphatic carboxylic acids is 1. The van der Waals surface area contributed by atoms with Crippen LogP contribution in [0.2, 0.25) is 0 Å². The average molecular weight is 273 g/mol. The molecule has 0 heterocycles. The summed E-state index contributed by atoms with van der Waals surface area (Å²) in [6, 6.07) is 4.31. The average Bonchev–Trinajstić information content (AvgIpc) is 2.35. The molecule has 2 atom stereocenters. The summed E-state index contributed by atoms with van der Waals surface area (Å²) < 4.78 is 0. The van der Waals surface area contributed by atoms with Gasteiger partial charge in [0.05, 0.1) is 12.0 Å². The van der Waals surface area contributed by atoms with Crippen LogP contribution < -0.4 is 0 Å². The van der Waals surface area contributed by atoms with Gasteiger partial charge in [-0.05, 0) is 12.5 Å². The first-order chi connectivity index (χ1) is 8.40. The summed E-state index contributed by atoms with van der Waals surface area (Å²) in [4.78, 5) is 22.7. The van der Waals surface area contributed by atoms with Gasteiger partial charge in [0, 0.05) is 11.1 Å². The minimum absolute atomic E-state index is 0.0129. The fourth-order valence-electron chi connectivity index (χ4n) is 1.63. The molecule has 0 bridgehead atoms. The molecule has 0 aromatic heterocycles. The van der Waals surface area contributed by atoms with Gasteiger partial charge in [-0.25, -0.2) is 4.79 Å². The van der Waals surface area contributed by atoms with Gasteiger partial charge < -0.3 is 15.3 Å². The first-order valence-corrected chi connectivity index (χ1v) is 5.65. The Hall–Kier alpha value is -1.43.